The molecule has 0 saturated carbocycles. The second-order valence-corrected chi connectivity index (χ2v) is 5.79. The minimum atomic E-state index is -1.14. The first-order chi connectivity index (χ1) is 11.5. The van der Waals surface area contributed by atoms with Crippen LogP contribution in [0.1, 0.15) is 31.4 Å². The second kappa shape index (κ2) is 8.33. The fraction of sp³-hybridized carbons (Fsp3) is 0.471. The van der Waals surface area contributed by atoms with Crippen LogP contribution < -0.4 is 5.32 Å². The molecule has 7 heteroatoms. The van der Waals surface area contributed by atoms with Crippen LogP contribution in [-0.4, -0.2) is 59.0 Å². The summed E-state index contributed by atoms with van der Waals surface area (Å²) in [5, 5.41) is 11.9. The third-order valence-corrected chi connectivity index (χ3v) is 4.04. The van der Waals surface area contributed by atoms with E-state index < -0.39 is 18.0 Å². The highest BCUT2D eigenvalue weighted by Crippen LogP contribution is 2.14. The number of urea groups is 1. The monoisotopic (exact) mass is 333 g/mol. The summed E-state index contributed by atoms with van der Waals surface area (Å²) >= 11 is 0. The number of carboxylic acid groups (broad SMARTS) is 1. The maximum Gasteiger partial charge on any atom is 0.330 e. The zero-order valence-corrected chi connectivity index (χ0v) is 13.8. The largest absolute Gasteiger partial charge is 0.479 e. The van der Waals surface area contributed by atoms with Crippen LogP contribution in [0.25, 0.3) is 0 Å². The van der Waals surface area contributed by atoms with Crippen molar-refractivity contribution in [1.82, 2.24) is 15.1 Å². The van der Waals surface area contributed by atoms with E-state index in [2.05, 4.69) is 12.2 Å². The number of hydrogen-bond acceptors (Lipinski definition) is 3. The topological polar surface area (TPSA) is 89.9 Å². The lowest BCUT2D eigenvalue weighted by Gasteiger charge is -2.34. The van der Waals surface area contributed by atoms with E-state index in [1.165, 1.54) is 4.90 Å². The molecular formula is C17H23N3O4. The Morgan fingerprint density at radius 2 is 1.96 bits per heavy atom. The molecule has 1 aromatic rings. The molecule has 0 spiro atoms. The van der Waals surface area contributed by atoms with Crippen LogP contribution in [-0.2, 0) is 9.59 Å². The van der Waals surface area contributed by atoms with Gasteiger partial charge in [0.15, 0.2) is 6.04 Å². The van der Waals surface area contributed by atoms with Crippen LogP contribution in [0.2, 0.25) is 0 Å². The summed E-state index contributed by atoms with van der Waals surface area (Å²) < 4.78 is 0. The zero-order valence-electron chi connectivity index (χ0n) is 13.8. The smallest absolute Gasteiger partial charge is 0.330 e. The van der Waals surface area contributed by atoms with Crippen molar-refractivity contribution in [1.29, 1.82) is 0 Å². The van der Waals surface area contributed by atoms with Crippen molar-refractivity contribution in [3.05, 3.63) is 35.9 Å². The number of aliphatic carboxylic acids is 1. The van der Waals surface area contributed by atoms with Crippen molar-refractivity contribution in [3.8, 4) is 0 Å². The highest BCUT2D eigenvalue weighted by Gasteiger charge is 2.29. The van der Waals surface area contributed by atoms with Crippen molar-refractivity contribution in [3.63, 3.8) is 0 Å². The van der Waals surface area contributed by atoms with Crippen LogP contribution in [0.15, 0.2) is 30.3 Å². The van der Waals surface area contributed by atoms with Crippen LogP contribution in [0.4, 0.5) is 4.79 Å². The Kier molecular flexibility index (Phi) is 6.17. The van der Waals surface area contributed by atoms with E-state index in [1.54, 1.807) is 35.2 Å². The molecule has 1 saturated heterocycles. The van der Waals surface area contributed by atoms with Crippen molar-refractivity contribution in [2.75, 3.05) is 26.2 Å². The minimum Gasteiger partial charge on any atom is -0.479 e. The van der Waals surface area contributed by atoms with E-state index in [9.17, 15) is 19.5 Å². The van der Waals surface area contributed by atoms with Gasteiger partial charge in [-0.15, -0.1) is 0 Å². The maximum atomic E-state index is 12.3. The predicted octanol–water partition coefficient (Wildman–Crippen LogP) is 1.47. The summed E-state index contributed by atoms with van der Waals surface area (Å²) in [6, 6.07) is 6.83. The standard InChI is InChI=1S/C17H23N3O4/c1-2-3-9-19-10-11-20(12-14(19)21)17(24)18-15(16(22)23)13-7-5-4-6-8-13/h4-8,15H,2-3,9-12H2,1H3,(H,18,24)(H,22,23). The van der Waals surface area contributed by atoms with E-state index in [0.29, 0.717) is 25.2 Å². The van der Waals surface area contributed by atoms with Gasteiger partial charge in [-0.2, -0.15) is 0 Å². The molecule has 1 atom stereocenters. The summed E-state index contributed by atoms with van der Waals surface area (Å²) in [5.74, 6) is -1.24. The van der Waals surface area contributed by atoms with Gasteiger partial charge in [-0.1, -0.05) is 43.7 Å². The summed E-state index contributed by atoms with van der Waals surface area (Å²) in [7, 11) is 0. The summed E-state index contributed by atoms with van der Waals surface area (Å²) in [6.45, 7) is 3.63. The van der Waals surface area contributed by atoms with Crippen LogP contribution in [0, 0.1) is 0 Å². The Morgan fingerprint density at radius 3 is 2.54 bits per heavy atom. The molecule has 7 nitrogen and oxygen atoms in total. The second-order valence-electron chi connectivity index (χ2n) is 5.79. The normalized spacial score (nSPS) is 16.0. The third kappa shape index (κ3) is 4.47. The first kappa shape index (κ1) is 17.8. The van der Waals surface area contributed by atoms with Crippen LogP contribution in [0.3, 0.4) is 0 Å². The van der Waals surface area contributed by atoms with E-state index >= 15 is 0 Å². The van der Waals surface area contributed by atoms with Crippen LogP contribution >= 0.6 is 0 Å². The quantitative estimate of drug-likeness (QED) is 0.825. The average molecular weight is 333 g/mol. The van der Waals surface area contributed by atoms with Gasteiger partial charge in [0.1, 0.15) is 6.54 Å². The number of rotatable bonds is 6. The van der Waals surface area contributed by atoms with Gasteiger partial charge in [0, 0.05) is 19.6 Å². The number of carbonyl (C=O) groups is 3. The molecule has 2 N–H and O–H groups in total. The molecule has 0 aromatic heterocycles. The SMILES string of the molecule is CCCCN1CCN(C(=O)NC(C(=O)O)c2ccccc2)CC1=O. The number of unbranched alkanes of at least 4 members (excludes halogenated alkanes) is 1. The lowest BCUT2D eigenvalue weighted by Crippen LogP contribution is -2.55. The fourth-order valence-electron chi connectivity index (χ4n) is 2.62. The number of benzene rings is 1. The average Bonchev–Trinajstić information content (AvgIpc) is 2.58. The molecule has 1 fully saturated rings. The van der Waals surface area contributed by atoms with E-state index in [4.69, 9.17) is 0 Å². The van der Waals surface area contributed by atoms with Gasteiger partial charge in [0.2, 0.25) is 5.91 Å². The summed E-state index contributed by atoms with van der Waals surface area (Å²) in [5.41, 5.74) is 0.492. The number of carboxylic acids is 1. The van der Waals surface area contributed by atoms with Crippen molar-refractivity contribution in [2.45, 2.75) is 25.8 Å². The van der Waals surface area contributed by atoms with Crippen molar-refractivity contribution < 1.29 is 19.5 Å². The van der Waals surface area contributed by atoms with Crippen LogP contribution in [0.5, 0.6) is 0 Å². The Morgan fingerprint density at radius 1 is 1.25 bits per heavy atom. The Balaban J connectivity index is 1.96. The lowest BCUT2D eigenvalue weighted by atomic mass is 10.1. The molecular weight excluding hydrogens is 310 g/mol. The molecule has 1 heterocycles. The summed E-state index contributed by atoms with van der Waals surface area (Å²) in [4.78, 5) is 39.0. The molecule has 0 radical (unpaired) electrons. The predicted molar refractivity (Wildman–Crippen MR) is 88.4 cm³/mol. The molecule has 1 unspecified atom stereocenters. The van der Waals surface area contributed by atoms with E-state index in [-0.39, 0.29) is 12.5 Å². The third-order valence-electron chi connectivity index (χ3n) is 4.04. The first-order valence-electron chi connectivity index (χ1n) is 8.14. The minimum absolute atomic E-state index is 0.0172. The molecule has 1 aromatic carbocycles. The fourth-order valence-corrected chi connectivity index (χ4v) is 2.62. The van der Waals surface area contributed by atoms with Gasteiger partial charge in [0.25, 0.3) is 0 Å². The number of amides is 3. The Bertz CT molecular complexity index is 591. The molecule has 0 bridgehead atoms. The molecule has 0 aliphatic carbocycles. The van der Waals surface area contributed by atoms with Gasteiger partial charge >= 0.3 is 12.0 Å². The van der Waals surface area contributed by atoms with Gasteiger partial charge in [-0.3, -0.25) is 4.79 Å². The lowest BCUT2D eigenvalue weighted by molar-refractivity contribution is -0.139. The molecule has 1 aliphatic heterocycles. The van der Waals surface area contributed by atoms with Gasteiger partial charge in [0.05, 0.1) is 0 Å². The van der Waals surface area contributed by atoms with E-state index in [0.717, 1.165) is 12.8 Å². The zero-order chi connectivity index (χ0) is 17.5. The molecule has 1 aliphatic rings. The number of nitrogens with one attached hydrogen (secondary N) is 1. The van der Waals surface area contributed by atoms with E-state index in [1.807, 2.05) is 0 Å². The van der Waals surface area contributed by atoms with Gasteiger partial charge < -0.3 is 20.2 Å². The van der Waals surface area contributed by atoms with Gasteiger partial charge in [-0.25, -0.2) is 9.59 Å². The molecule has 130 valence electrons. The Labute approximate surface area is 141 Å². The van der Waals surface area contributed by atoms with Gasteiger partial charge in [-0.05, 0) is 12.0 Å². The highest BCUT2D eigenvalue weighted by atomic mass is 16.4. The molecule has 3 amide bonds. The number of nitrogens with zero attached hydrogens (tertiary/aromatic N) is 2. The molecule has 24 heavy (non-hydrogen) atoms. The summed E-state index contributed by atoms with van der Waals surface area (Å²) in [6.07, 6.45) is 1.94. The van der Waals surface area contributed by atoms with Crippen molar-refractivity contribution in [2.24, 2.45) is 0 Å². The maximum absolute atomic E-state index is 12.3. The molecule has 2 rings (SSSR count). The number of piperazine rings is 1. The Hall–Kier alpha value is -2.57. The van der Waals surface area contributed by atoms with Crippen molar-refractivity contribution >= 4 is 17.9 Å². The first-order valence-corrected chi connectivity index (χ1v) is 8.14. The highest BCUT2D eigenvalue weighted by molar-refractivity contribution is 5.88. The number of hydrogen-bond donors (Lipinski definition) is 2. The number of carbonyl (C=O) groups excluding carboxylic acids is 2.